The van der Waals surface area contributed by atoms with E-state index in [2.05, 4.69) is 10.6 Å². The second kappa shape index (κ2) is 9.44. The molecule has 0 spiro atoms. The molecule has 8 nitrogen and oxygen atoms in total. The average molecular weight is 450 g/mol. The molecule has 0 aliphatic carbocycles. The predicted molar refractivity (Wildman–Crippen MR) is 122 cm³/mol. The van der Waals surface area contributed by atoms with Crippen molar-refractivity contribution >= 4 is 29.3 Å². The first-order valence-electron chi connectivity index (χ1n) is 11.1. The van der Waals surface area contributed by atoms with Gasteiger partial charge >= 0.3 is 0 Å². The lowest BCUT2D eigenvalue weighted by atomic mass is 10.0. The molecule has 0 radical (unpaired) electrons. The SMILES string of the molecule is Cc1cccc(C)c1OCCCC(=O)Nc1cccc2c1CN(C1CCC(=O)NC1=O)C2=O. The number of aryl methyl sites for hydroxylation is 2. The van der Waals surface area contributed by atoms with Gasteiger partial charge < -0.3 is 15.0 Å². The second-order valence-electron chi connectivity index (χ2n) is 8.45. The van der Waals surface area contributed by atoms with Crippen LogP contribution in [-0.2, 0) is 20.9 Å². The Morgan fingerprint density at radius 1 is 1.12 bits per heavy atom. The number of benzene rings is 2. The molecule has 2 N–H and O–H groups in total. The fraction of sp³-hybridized carbons (Fsp3) is 0.360. The van der Waals surface area contributed by atoms with E-state index in [1.54, 1.807) is 18.2 Å². The van der Waals surface area contributed by atoms with Crippen LogP contribution < -0.4 is 15.4 Å². The molecule has 172 valence electrons. The van der Waals surface area contributed by atoms with Crippen molar-refractivity contribution in [2.45, 2.75) is 52.1 Å². The van der Waals surface area contributed by atoms with Crippen molar-refractivity contribution in [3.8, 4) is 5.75 Å². The van der Waals surface area contributed by atoms with E-state index in [0.29, 0.717) is 36.3 Å². The third-order valence-electron chi connectivity index (χ3n) is 6.06. The van der Waals surface area contributed by atoms with Gasteiger partial charge in [-0.25, -0.2) is 0 Å². The number of carbonyl (C=O) groups is 4. The van der Waals surface area contributed by atoms with Gasteiger partial charge in [-0.05, 0) is 49.9 Å². The van der Waals surface area contributed by atoms with Gasteiger partial charge in [0.2, 0.25) is 17.7 Å². The van der Waals surface area contributed by atoms with E-state index in [0.717, 1.165) is 16.9 Å². The lowest BCUT2D eigenvalue weighted by Crippen LogP contribution is -2.52. The lowest BCUT2D eigenvalue weighted by Gasteiger charge is -2.29. The third-order valence-corrected chi connectivity index (χ3v) is 6.06. The summed E-state index contributed by atoms with van der Waals surface area (Å²) in [6.07, 6.45) is 1.33. The maximum Gasteiger partial charge on any atom is 0.255 e. The fourth-order valence-electron chi connectivity index (χ4n) is 4.35. The Bertz CT molecular complexity index is 1110. The van der Waals surface area contributed by atoms with Crippen LogP contribution in [0.25, 0.3) is 0 Å². The summed E-state index contributed by atoms with van der Waals surface area (Å²) in [6, 6.07) is 10.4. The Morgan fingerprint density at radius 2 is 1.85 bits per heavy atom. The van der Waals surface area contributed by atoms with Crippen LogP contribution in [-0.4, -0.2) is 41.2 Å². The van der Waals surface area contributed by atoms with Crippen LogP contribution in [0, 0.1) is 13.8 Å². The van der Waals surface area contributed by atoms with Gasteiger partial charge in [0.25, 0.3) is 5.91 Å². The summed E-state index contributed by atoms with van der Waals surface area (Å²) in [5.74, 6) is -0.361. The molecule has 0 saturated carbocycles. The minimum Gasteiger partial charge on any atom is -0.493 e. The summed E-state index contributed by atoms with van der Waals surface area (Å²) in [4.78, 5) is 50.6. The molecular weight excluding hydrogens is 422 g/mol. The first-order valence-corrected chi connectivity index (χ1v) is 11.1. The number of ether oxygens (including phenoxy) is 1. The number of anilines is 1. The van der Waals surface area contributed by atoms with Gasteiger partial charge in [-0.2, -0.15) is 0 Å². The normalized spacial score (nSPS) is 17.6. The van der Waals surface area contributed by atoms with Crippen LogP contribution in [0.4, 0.5) is 5.69 Å². The van der Waals surface area contributed by atoms with Gasteiger partial charge in [-0.3, -0.25) is 24.5 Å². The average Bonchev–Trinajstić information content (AvgIpc) is 3.10. The van der Waals surface area contributed by atoms with E-state index < -0.39 is 11.9 Å². The predicted octanol–water partition coefficient (Wildman–Crippen LogP) is 2.86. The first-order chi connectivity index (χ1) is 15.8. The highest BCUT2D eigenvalue weighted by molar-refractivity contribution is 6.06. The monoisotopic (exact) mass is 449 g/mol. The number of piperidine rings is 1. The van der Waals surface area contributed by atoms with Crippen LogP contribution in [0.15, 0.2) is 36.4 Å². The quantitative estimate of drug-likeness (QED) is 0.500. The first kappa shape index (κ1) is 22.5. The number of hydrogen-bond acceptors (Lipinski definition) is 5. The van der Waals surface area contributed by atoms with E-state index in [9.17, 15) is 19.2 Å². The van der Waals surface area contributed by atoms with Crippen molar-refractivity contribution in [2.24, 2.45) is 0 Å². The molecule has 0 bridgehead atoms. The molecule has 1 atom stereocenters. The molecule has 2 aromatic carbocycles. The zero-order chi connectivity index (χ0) is 23.5. The summed E-state index contributed by atoms with van der Waals surface area (Å²) in [7, 11) is 0. The molecule has 2 aliphatic rings. The Labute approximate surface area is 192 Å². The number of nitrogens with one attached hydrogen (secondary N) is 2. The molecule has 1 unspecified atom stereocenters. The maximum absolute atomic E-state index is 12.9. The number of para-hydroxylation sites is 1. The lowest BCUT2D eigenvalue weighted by molar-refractivity contribution is -0.137. The van der Waals surface area contributed by atoms with Gasteiger partial charge in [0.15, 0.2) is 0 Å². The van der Waals surface area contributed by atoms with Crippen LogP contribution in [0.1, 0.15) is 52.7 Å². The Kier molecular flexibility index (Phi) is 6.44. The topological polar surface area (TPSA) is 105 Å². The molecule has 2 aromatic rings. The molecule has 2 heterocycles. The van der Waals surface area contributed by atoms with Crippen LogP contribution in [0.2, 0.25) is 0 Å². The summed E-state index contributed by atoms with van der Waals surface area (Å²) >= 11 is 0. The van der Waals surface area contributed by atoms with Gasteiger partial charge in [-0.1, -0.05) is 24.3 Å². The largest absolute Gasteiger partial charge is 0.493 e. The smallest absolute Gasteiger partial charge is 0.255 e. The van der Waals surface area contributed by atoms with Crippen LogP contribution in [0.3, 0.4) is 0 Å². The van der Waals surface area contributed by atoms with Crippen molar-refractivity contribution < 1.29 is 23.9 Å². The number of hydrogen-bond donors (Lipinski definition) is 2. The van der Waals surface area contributed by atoms with Gasteiger partial charge in [0, 0.05) is 36.2 Å². The number of nitrogens with zero attached hydrogens (tertiary/aromatic N) is 1. The molecule has 4 rings (SSSR count). The fourth-order valence-corrected chi connectivity index (χ4v) is 4.35. The van der Waals surface area contributed by atoms with E-state index >= 15 is 0 Å². The van der Waals surface area contributed by atoms with Crippen LogP contribution >= 0.6 is 0 Å². The van der Waals surface area contributed by atoms with Crippen molar-refractivity contribution in [1.82, 2.24) is 10.2 Å². The van der Waals surface area contributed by atoms with E-state index in [4.69, 9.17) is 4.74 Å². The number of fused-ring (bicyclic) bond motifs is 1. The van der Waals surface area contributed by atoms with Crippen LogP contribution in [0.5, 0.6) is 5.75 Å². The van der Waals surface area contributed by atoms with E-state index in [1.165, 1.54) is 4.90 Å². The Hall–Kier alpha value is -3.68. The summed E-state index contributed by atoms with van der Waals surface area (Å²) < 4.78 is 5.86. The maximum atomic E-state index is 12.9. The van der Waals surface area contributed by atoms with Gasteiger partial charge in [0.05, 0.1) is 6.61 Å². The van der Waals surface area contributed by atoms with Gasteiger partial charge in [-0.15, -0.1) is 0 Å². The van der Waals surface area contributed by atoms with Crippen molar-refractivity contribution in [3.05, 3.63) is 58.7 Å². The van der Waals surface area contributed by atoms with E-state index in [1.807, 2.05) is 32.0 Å². The molecule has 4 amide bonds. The number of amides is 4. The number of rotatable bonds is 7. The zero-order valence-electron chi connectivity index (χ0n) is 18.8. The van der Waals surface area contributed by atoms with Crippen molar-refractivity contribution in [1.29, 1.82) is 0 Å². The number of imide groups is 1. The molecular formula is C25H27N3O5. The molecule has 1 saturated heterocycles. The van der Waals surface area contributed by atoms with Gasteiger partial charge in [0.1, 0.15) is 11.8 Å². The highest BCUT2D eigenvalue weighted by atomic mass is 16.5. The second-order valence-corrected chi connectivity index (χ2v) is 8.45. The Morgan fingerprint density at radius 3 is 2.58 bits per heavy atom. The van der Waals surface area contributed by atoms with Crippen molar-refractivity contribution in [2.75, 3.05) is 11.9 Å². The van der Waals surface area contributed by atoms with Crippen molar-refractivity contribution in [3.63, 3.8) is 0 Å². The molecule has 2 aliphatic heterocycles. The summed E-state index contributed by atoms with van der Waals surface area (Å²) in [5, 5.41) is 5.19. The summed E-state index contributed by atoms with van der Waals surface area (Å²) in [5.41, 5.74) is 3.84. The highest BCUT2D eigenvalue weighted by Gasteiger charge is 2.39. The Balaban J connectivity index is 1.35. The zero-order valence-corrected chi connectivity index (χ0v) is 18.8. The standard InChI is InChI=1S/C25H27N3O5/c1-15-6-3-7-16(2)23(15)33-13-5-10-21(29)26-19-9-4-8-17-18(19)14-28(25(17)32)20-11-12-22(30)27-24(20)31/h3-4,6-9,20H,5,10-14H2,1-2H3,(H,26,29)(H,27,30,31). The molecule has 0 aromatic heterocycles. The molecule has 33 heavy (non-hydrogen) atoms. The van der Waals surface area contributed by atoms with E-state index in [-0.39, 0.29) is 37.1 Å². The summed E-state index contributed by atoms with van der Waals surface area (Å²) in [6.45, 7) is 4.62. The molecule has 1 fully saturated rings. The molecule has 8 heteroatoms. The minimum absolute atomic E-state index is 0.166. The minimum atomic E-state index is -0.687. The number of carbonyl (C=O) groups excluding carboxylic acids is 4. The highest BCUT2D eigenvalue weighted by Crippen LogP contribution is 2.32. The third kappa shape index (κ3) is 4.74.